The van der Waals surface area contributed by atoms with Gasteiger partial charge in [0.2, 0.25) is 0 Å². The number of hydrogen-bond acceptors (Lipinski definition) is 2. The van der Waals surface area contributed by atoms with E-state index in [1.165, 1.54) is 32.4 Å². The molecule has 1 rings (SSSR count). The number of nitrogens with one attached hydrogen (secondary N) is 1. The van der Waals surface area contributed by atoms with Crippen molar-refractivity contribution in [2.75, 3.05) is 19.6 Å². The van der Waals surface area contributed by atoms with Crippen LogP contribution in [0.25, 0.3) is 0 Å². The average Bonchev–Trinajstić information content (AvgIpc) is 2.28. The van der Waals surface area contributed by atoms with Crippen LogP contribution in [0.15, 0.2) is 0 Å². The molecule has 0 aliphatic carbocycles. The standard InChI is InChI=1S/C13H28N2/c1-5-13-8-7-9-15(10-13)12(4)11(3)14-6-2/h11-14H,5-10H2,1-4H3. The van der Waals surface area contributed by atoms with E-state index in [4.69, 9.17) is 0 Å². The predicted octanol–water partition coefficient (Wildman–Crippen LogP) is 2.49. The molecule has 0 aromatic heterocycles. The van der Waals surface area contributed by atoms with Gasteiger partial charge in [-0.25, -0.2) is 0 Å². The molecule has 3 unspecified atom stereocenters. The van der Waals surface area contributed by atoms with Crippen LogP contribution in [0.3, 0.4) is 0 Å². The highest BCUT2D eigenvalue weighted by molar-refractivity contribution is 4.82. The smallest absolute Gasteiger partial charge is 0.0218 e. The molecule has 1 aliphatic heterocycles. The minimum atomic E-state index is 0.616. The van der Waals surface area contributed by atoms with Crippen molar-refractivity contribution in [1.82, 2.24) is 10.2 Å². The lowest BCUT2D eigenvalue weighted by Gasteiger charge is -2.39. The Hall–Kier alpha value is -0.0800. The fourth-order valence-electron chi connectivity index (χ4n) is 2.61. The first-order valence-electron chi connectivity index (χ1n) is 6.66. The minimum Gasteiger partial charge on any atom is -0.313 e. The SMILES string of the molecule is CCNC(C)C(C)N1CCCC(CC)C1. The summed E-state index contributed by atoms with van der Waals surface area (Å²) in [6.45, 7) is 12.9. The molecule has 0 aromatic carbocycles. The Morgan fingerprint density at radius 3 is 2.67 bits per heavy atom. The highest BCUT2D eigenvalue weighted by Gasteiger charge is 2.25. The maximum absolute atomic E-state index is 3.53. The largest absolute Gasteiger partial charge is 0.313 e. The molecule has 0 amide bonds. The van der Waals surface area contributed by atoms with Gasteiger partial charge in [0.1, 0.15) is 0 Å². The Morgan fingerprint density at radius 2 is 2.07 bits per heavy atom. The third kappa shape index (κ3) is 3.76. The summed E-state index contributed by atoms with van der Waals surface area (Å²) in [6, 6.07) is 1.30. The molecule has 0 aromatic rings. The van der Waals surface area contributed by atoms with Crippen molar-refractivity contribution < 1.29 is 0 Å². The zero-order valence-corrected chi connectivity index (χ0v) is 10.9. The molecule has 0 radical (unpaired) electrons. The molecule has 1 N–H and O–H groups in total. The molecule has 1 heterocycles. The number of rotatable bonds is 5. The molecular formula is C13H28N2. The van der Waals surface area contributed by atoms with Crippen LogP contribution in [0.4, 0.5) is 0 Å². The Bertz CT molecular complexity index is 170. The van der Waals surface area contributed by atoms with E-state index in [2.05, 4.69) is 37.9 Å². The van der Waals surface area contributed by atoms with Crippen LogP contribution in [0.1, 0.15) is 47.0 Å². The van der Waals surface area contributed by atoms with Gasteiger partial charge in [-0.3, -0.25) is 4.90 Å². The van der Waals surface area contributed by atoms with E-state index in [1.54, 1.807) is 0 Å². The van der Waals surface area contributed by atoms with E-state index in [9.17, 15) is 0 Å². The van der Waals surface area contributed by atoms with Crippen molar-refractivity contribution in [2.45, 2.75) is 59.0 Å². The Labute approximate surface area is 95.4 Å². The van der Waals surface area contributed by atoms with Crippen LogP contribution in [0.5, 0.6) is 0 Å². The van der Waals surface area contributed by atoms with Gasteiger partial charge >= 0.3 is 0 Å². The van der Waals surface area contributed by atoms with Crippen LogP contribution in [0.2, 0.25) is 0 Å². The Balaban J connectivity index is 2.40. The summed E-state index contributed by atoms with van der Waals surface area (Å²) in [4.78, 5) is 2.67. The van der Waals surface area contributed by atoms with Gasteiger partial charge in [-0.15, -0.1) is 0 Å². The van der Waals surface area contributed by atoms with Crippen molar-refractivity contribution in [2.24, 2.45) is 5.92 Å². The van der Waals surface area contributed by atoms with Gasteiger partial charge in [-0.1, -0.05) is 20.3 Å². The number of piperidine rings is 1. The molecule has 3 atom stereocenters. The van der Waals surface area contributed by atoms with Gasteiger partial charge in [-0.05, 0) is 45.7 Å². The minimum absolute atomic E-state index is 0.616. The van der Waals surface area contributed by atoms with E-state index in [0.29, 0.717) is 12.1 Å². The summed E-state index contributed by atoms with van der Waals surface area (Å²) in [7, 11) is 0. The van der Waals surface area contributed by atoms with E-state index in [1.807, 2.05) is 0 Å². The van der Waals surface area contributed by atoms with Gasteiger partial charge < -0.3 is 5.32 Å². The van der Waals surface area contributed by atoms with Crippen LogP contribution >= 0.6 is 0 Å². The number of likely N-dealkylation sites (N-methyl/N-ethyl adjacent to an activating group) is 1. The quantitative estimate of drug-likeness (QED) is 0.753. The molecule has 0 saturated carbocycles. The molecule has 90 valence electrons. The molecule has 0 bridgehead atoms. The zero-order valence-electron chi connectivity index (χ0n) is 10.9. The summed E-state index contributed by atoms with van der Waals surface area (Å²) in [5.74, 6) is 0.940. The lowest BCUT2D eigenvalue weighted by atomic mass is 9.93. The van der Waals surface area contributed by atoms with Crippen molar-refractivity contribution in [3.8, 4) is 0 Å². The van der Waals surface area contributed by atoms with Gasteiger partial charge in [0.05, 0.1) is 0 Å². The molecule has 1 aliphatic rings. The van der Waals surface area contributed by atoms with Gasteiger partial charge in [0.25, 0.3) is 0 Å². The van der Waals surface area contributed by atoms with Crippen molar-refractivity contribution in [3.63, 3.8) is 0 Å². The number of hydrogen-bond donors (Lipinski definition) is 1. The van der Waals surface area contributed by atoms with E-state index >= 15 is 0 Å². The lowest BCUT2D eigenvalue weighted by Crippen LogP contribution is -2.50. The van der Waals surface area contributed by atoms with Crippen LogP contribution < -0.4 is 5.32 Å². The third-order valence-corrected chi connectivity index (χ3v) is 3.95. The first-order chi connectivity index (χ1) is 7.19. The molecule has 2 heteroatoms. The molecule has 0 spiro atoms. The molecule has 2 nitrogen and oxygen atoms in total. The van der Waals surface area contributed by atoms with E-state index in [-0.39, 0.29) is 0 Å². The van der Waals surface area contributed by atoms with Crippen LogP contribution in [-0.4, -0.2) is 36.6 Å². The second-order valence-electron chi connectivity index (χ2n) is 5.00. The first-order valence-corrected chi connectivity index (χ1v) is 6.66. The van der Waals surface area contributed by atoms with Crippen LogP contribution in [0, 0.1) is 5.92 Å². The van der Waals surface area contributed by atoms with Gasteiger partial charge in [-0.2, -0.15) is 0 Å². The highest BCUT2D eigenvalue weighted by atomic mass is 15.2. The maximum Gasteiger partial charge on any atom is 0.0218 e. The second-order valence-corrected chi connectivity index (χ2v) is 5.00. The topological polar surface area (TPSA) is 15.3 Å². The van der Waals surface area contributed by atoms with E-state index in [0.717, 1.165) is 12.5 Å². The fourth-order valence-corrected chi connectivity index (χ4v) is 2.61. The molecule has 15 heavy (non-hydrogen) atoms. The fraction of sp³-hybridized carbons (Fsp3) is 1.00. The second kappa shape index (κ2) is 6.49. The summed E-state index contributed by atoms with van der Waals surface area (Å²) in [5.41, 5.74) is 0. The lowest BCUT2D eigenvalue weighted by molar-refractivity contribution is 0.110. The van der Waals surface area contributed by atoms with Crippen molar-refractivity contribution in [1.29, 1.82) is 0 Å². The first kappa shape index (κ1) is 13.0. The summed E-state index contributed by atoms with van der Waals surface area (Å²) < 4.78 is 0. The molecular weight excluding hydrogens is 184 g/mol. The Morgan fingerprint density at radius 1 is 1.33 bits per heavy atom. The zero-order chi connectivity index (χ0) is 11.3. The average molecular weight is 212 g/mol. The molecule has 1 fully saturated rings. The summed E-state index contributed by atoms with van der Waals surface area (Å²) >= 11 is 0. The van der Waals surface area contributed by atoms with Gasteiger partial charge in [0, 0.05) is 18.6 Å². The van der Waals surface area contributed by atoms with Crippen LogP contribution in [-0.2, 0) is 0 Å². The maximum atomic E-state index is 3.53. The monoisotopic (exact) mass is 212 g/mol. The molecule has 1 saturated heterocycles. The normalized spacial score (nSPS) is 27.6. The van der Waals surface area contributed by atoms with Crippen molar-refractivity contribution >= 4 is 0 Å². The highest BCUT2D eigenvalue weighted by Crippen LogP contribution is 2.21. The van der Waals surface area contributed by atoms with E-state index < -0.39 is 0 Å². The third-order valence-electron chi connectivity index (χ3n) is 3.95. The summed E-state index contributed by atoms with van der Waals surface area (Å²) in [6.07, 6.45) is 4.18. The Kier molecular flexibility index (Phi) is 5.62. The summed E-state index contributed by atoms with van der Waals surface area (Å²) in [5, 5.41) is 3.53. The van der Waals surface area contributed by atoms with Gasteiger partial charge in [0.15, 0.2) is 0 Å². The predicted molar refractivity (Wildman–Crippen MR) is 67.2 cm³/mol. The number of nitrogens with zero attached hydrogens (tertiary/aromatic N) is 1. The number of likely N-dealkylation sites (tertiary alicyclic amines) is 1. The van der Waals surface area contributed by atoms with Crippen molar-refractivity contribution in [3.05, 3.63) is 0 Å².